The lowest BCUT2D eigenvalue weighted by atomic mass is 9.76. The van der Waals surface area contributed by atoms with Crippen molar-refractivity contribution in [1.82, 2.24) is 20.4 Å². The van der Waals surface area contributed by atoms with Gasteiger partial charge in [0.2, 0.25) is 5.91 Å². The maximum Gasteiger partial charge on any atom is 0.251 e. The van der Waals surface area contributed by atoms with E-state index in [1.165, 1.54) is 38.5 Å². The van der Waals surface area contributed by atoms with Crippen LogP contribution in [0.3, 0.4) is 0 Å². The van der Waals surface area contributed by atoms with E-state index in [0.717, 1.165) is 57.4 Å². The third-order valence-electron chi connectivity index (χ3n) is 8.42. The summed E-state index contributed by atoms with van der Waals surface area (Å²) in [6, 6.07) is 4.75. The quantitative estimate of drug-likeness (QED) is 0.465. The molecule has 1 saturated carbocycles. The molecule has 2 N–H and O–H groups in total. The van der Waals surface area contributed by atoms with Gasteiger partial charge < -0.3 is 20.4 Å². The van der Waals surface area contributed by atoms with Crippen LogP contribution >= 0.6 is 23.2 Å². The van der Waals surface area contributed by atoms with Gasteiger partial charge in [0, 0.05) is 37.8 Å². The molecule has 0 aromatic heterocycles. The Balaban J connectivity index is 1.39. The van der Waals surface area contributed by atoms with Gasteiger partial charge in [-0.25, -0.2) is 0 Å². The standard InChI is InChI=1S/C29H44Cl2N4O2/c1-20-14-21(2)16-22(15-20)19-35-13-8-24(18-32-28(36)23-6-7-25(30)26(31)17-23)33-27(29(35)37)9-12-34-10-4-3-5-11-34/h6-7,17,20-22,24,27,33H,3-5,8-16,18-19H2,1-2H3,(H,32,36). The van der Waals surface area contributed by atoms with Gasteiger partial charge in [-0.05, 0) is 94.0 Å². The van der Waals surface area contributed by atoms with E-state index < -0.39 is 0 Å². The molecule has 4 unspecified atom stereocenters. The van der Waals surface area contributed by atoms with Crippen molar-refractivity contribution in [3.63, 3.8) is 0 Å². The number of nitrogens with zero attached hydrogens (tertiary/aromatic N) is 2. The van der Waals surface area contributed by atoms with Crippen molar-refractivity contribution in [3.8, 4) is 0 Å². The first-order chi connectivity index (χ1) is 17.8. The minimum Gasteiger partial charge on any atom is -0.350 e. The van der Waals surface area contributed by atoms with Gasteiger partial charge in [0.25, 0.3) is 5.91 Å². The normalized spacial score (nSPS) is 29.7. The van der Waals surface area contributed by atoms with E-state index in [-0.39, 0.29) is 23.9 Å². The molecule has 0 spiro atoms. The summed E-state index contributed by atoms with van der Waals surface area (Å²) in [5.41, 5.74) is 0.489. The zero-order valence-electron chi connectivity index (χ0n) is 22.5. The first kappa shape index (κ1) is 28.7. The number of carbonyl (C=O) groups excluding carboxylic acids is 2. The molecule has 2 aliphatic heterocycles. The van der Waals surface area contributed by atoms with E-state index >= 15 is 0 Å². The summed E-state index contributed by atoms with van der Waals surface area (Å²) in [5.74, 6) is 2.10. The third kappa shape index (κ3) is 8.32. The fraction of sp³-hybridized carbons (Fsp3) is 0.724. The topological polar surface area (TPSA) is 64.7 Å². The van der Waals surface area contributed by atoms with Crippen LogP contribution in [0.5, 0.6) is 0 Å². The van der Waals surface area contributed by atoms with Crippen LogP contribution in [0, 0.1) is 17.8 Å². The Morgan fingerprint density at radius 1 is 1.03 bits per heavy atom. The highest BCUT2D eigenvalue weighted by atomic mass is 35.5. The molecule has 4 atom stereocenters. The molecule has 6 nitrogen and oxygen atoms in total. The van der Waals surface area contributed by atoms with Crippen molar-refractivity contribution in [3.05, 3.63) is 33.8 Å². The second-order valence-electron chi connectivity index (χ2n) is 11.8. The highest BCUT2D eigenvalue weighted by molar-refractivity contribution is 6.42. The van der Waals surface area contributed by atoms with Gasteiger partial charge in [-0.3, -0.25) is 9.59 Å². The lowest BCUT2D eigenvalue weighted by Crippen LogP contribution is -2.50. The molecule has 206 valence electrons. The average Bonchev–Trinajstić information content (AvgIpc) is 3.01. The summed E-state index contributed by atoms with van der Waals surface area (Å²) in [5, 5.41) is 7.48. The van der Waals surface area contributed by atoms with Crippen molar-refractivity contribution in [2.24, 2.45) is 17.8 Å². The van der Waals surface area contributed by atoms with Gasteiger partial charge in [-0.2, -0.15) is 0 Å². The molecule has 1 aromatic carbocycles. The minimum atomic E-state index is -0.213. The second kappa shape index (κ2) is 13.6. The molecule has 0 radical (unpaired) electrons. The number of halogens is 2. The second-order valence-corrected chi connectivity index (χ2v) is 12.6. The lowest BCUT2D eigenvalue weighted by Gasteiger charge is -2.35. The molecule has 4 rings (SSSR count). The number of hydrogen-bond acceptors (Lipinski definition) is 4. The molecule has 1 aliphatic carbocycles. The summed E-state index contributed by atoms with van der Waals surface area (Å²) in [7, 11) is 0. The fourth-order valence-electron chi connectivity index (χ4n) is 6.65. The summed E-state index contributed by atoms with van der Waals surface area (Å²) >= 11 is 12.1. The van der Waals surface area contributed by atoms with E-state index in [9.17, 15) is 9.59 Å². The summed E-state index contributed by atoms with van der Waals surface area (Å²) in [6.45, 7) is 9.97. The fourth-order valence-corrected chi connectivity index (χ4v) is 6.95. The molecule has 2 saturated heterocycles. The van der Waals surface area contributed by atoms with Crippen molar-refractivity contribution in [1.29, 1.82) is 0 Å². The van der Waals surface area contributed by atoms with Crippen LogP contribution in [0.25, 0.3) is 0 Å². The van der Waals surface area contributed by atoms with Gasteiger partial charge >= 0.3 is 0 Å². The number of benzene rings is 1. The predicted octanol–water partition coefficient (Wildman–Crippen LogP) is 5.23. The average molecular weight is 552 g/mol. The first-order valence-electron chi connectivity index (χ1n) is 14.3. The number of nitrogens with one attached hydrogen (secondary N) is 2. The highest BCUT2D eigenvalue weighted by Crippen LogP contribution is 2.33. The van der Waals surface area contributed by atoms with E-state index in [2.05, 4.69) is 34.3 Å². The van der Waals surface area contributed by atoms with Crippen LogP contribution in [0.4, 0.5) is 0 Å². The van der Waals surface area contributed by atoms with E-state index in [4.69, 9.17) is 23.2 Å². The Kier molecular flexibility index (Phi) is 10.6. The van der Waals surface area contributed by atoms with Crippen LogP contribution in [0.15, 0.2) is 18.2 Å². The Morgan fingerprint density at radius 2 is 1.76 bits per heavy atom. The van der Waals surface area contributed by atoms with Crippen molar-refractivity contribution in [2.75, 3.05) is 39.3 Å². The van der Waals surface area contributed by atoms with E-state index in [1.54, 1.807) is 18.2 Å². The maximum absolute atomic E-state index is 13.8. The third-order valence-corrected chi connectivity index (χ3v) is 9.16. The molecule has 2 heterocycles. The van der Waals surface area contributed by atoms with Crippen LogP contribution in [0.2, 0.25) is 10.0 Å². The van der Waals surface area contributed by atoms with Crippen LogP contribution in [0.1, 0.15) is 75.6 Å². The number of piperidine rings is 1. The number of carbonyl (C=O) groups is 2. The number of hydrogen-bond donors (Lipinski definition) is 2. The minimum absolute atomic E-state index is 0.0382. The molecule has 8 heteroatoms. The molecule has 0 bridgehead atoms. The number of rotatable bonds is 8. The Labute approximate surface area is 232 Å². The Morgan fingerprint density at radius 3 is 2.46 bits per heavy atom. The zero-order chi connectivity index (χ0) is 26.4. The van der Waals surface area contributed by atoms with Crippen LogP contribution in [-0.2, 0) is 4.79 Å². The maximum atomic E-state index is 13.8. The van der Waals surface area contributed by atoms with Crippen LogP contribution < -0.4 is 10.6 Å². The molecular weight excluding hydrogens is 507 g/mol. The van der Waals surface area contributed by atoms with Crippen molar-refractivity contribution >= 4 is 35.0 Å². The first-order valence-corrected chi connectivity index (χ1v) is 15.0. The summed E-state index contributed by atoms with van der Waals surface area (Å²) in [6.07, 6.45) is 9.16. The number of amides is 2. The van der Waals surface area contributed by atoms with E-state index in [0.29, 0.717) is 28.1 Å². The zero-order valence-corrected chi connectivity index (χ0v) is 24.0. The molecule has 1 aromatic rings. The van der Waals surface area contributed by atoms with Crippen LogP contribution in [-0.4, -0.2) is 73.0 Å². The summed E-state index contributed by atoms with van der Waals surface area (Å²) < 4.78 is 0. The van der Waals surface area contributed by atoms with Crippen molar-refractivity contribution in [2.45, 2.75) is 77.3 Å². The highest BCUT2D eigenvalue weighted by Gasteiger charge is 2.34. The van der Waals surface area contributed by atoms with Gasteiger partial charge in [0.05, 0.1) is 16.1 Å². The molecule has 3 fully saturated rings. The molecular formula is C29H44Cl2N4O2. The number of likely N-dealkylation sites (tertiary alicyclic amines) is 1. The Bertz CT molecular complexity index is 913. The predicted molar refractivity (Wildman–Crippen MR) is 151 cm³/mol. The van der Waals surface area contributed by atoms with Gasteiger partial charge in [-0.1, -0.05) is 43.5 Å². The molecule has 3 aliphatic rings. The largest absolute Gasteiger partial charge is 0.350 e. The molecule has 37 heavy (non-hydrogen) atoms. The smallest absolute Gasteiger partial charge is 0.251 e. The van der Waals surface area contributed by atoms with Gasteiger partial charge in [-0.15, -0.1) is 0 Å². The van der Waals surface area contributed by atoms with Crippen molar-refractivity contribution < 1.29 is 9.59 Å². The van der Waals surface area contributed by atoms with E-state index in [1.807, 2.05) is 0 Å². The summed E-state index contributed by atoms with van der Waals surface area (Å²) in [4.78, 5) is 31.2. The van der Waals surface area contributed by atoms with Gasteiger partial charge in [0.15, 0.2) is 0 Å². The van der Waals surface area contributed by atoms with Gasteiger partial charge in [0.1, 0.15) is 0 Å². The lowest BCUT2D eigenvalue weighted by molar-refractivity contribution is -0.134. The monoisotopic (exact) mass is 550 g/mol. The molecule has 2 amide bonds. The SMILES string of the molecule is CC1CC(C)CC(CN2CCC(CNC(=O)c3ccc(Cl)c(Cl)c3)NC(CCN3CCCCC3)C2=O)C1. The Hall–Kier alpha value is -1.34.